The van der Waals surface area contributed by atoms with Crippen LogP contribution in [0.5, 0.6) is 11.6 Å². The number of aryl methyl sites for hydroxylation is 1. The van der Waals surface area contributed by atoms with Crippen LogP contribution in [0.3, 0.4) is 0 Å². The molecule has 0 fully saturated rings. The molecule has 3 rings (SSSR count). The van der Waals surface area contributed by atoms with Gasteiger partial charge >= 0.3 is 0 Å². The van der Waals surface area contributed by atoms with Crippen molar-refractivity contribution in [2.75, 3.05) is 5.32 Å². The summed E-state index contributed by atoms with van der Waals surface area (Å²) in [5.41, 5.74) is 0.728. The smallest absolute Gasteiger partial charge is 0.224 e. The normalized spacial score (nSPS) is 10.4. The average Bonchev–Trinajstić information content (AvgIpc) is 3.03. The Labute approximate surface area is 139 Å². The van der Waals surface area contributed by atoms with Crippen LogP contribution >= 0.6 is 0 Å². The van der Waals surface area contributed by atoms with Crippen LogP contribution < -0.4 is 10.1 Å². The van der Waals surface area contributed by atoms with Crippen molar-refractivity contribution >= 4 is 11.6 Å². The first kappa shape index (κ1) is 15.7. The first-order valence-corrected chi connectivity index (χ1v) is 7.56. The zero-order valence-corrected chi connectivity index (χ0v) is 13.4. The summed E-state index contributed by atoms with van der Waals surface area (Å²) in [4.78, 5) is 23.9. The number of hydrogen-bond acceptors (Lipinski definition) is 5. The van der Waals surface area contributed by atoms with Crippen molar-refractivity contribution in [3.8, 4) is 17.4 Å². The summed E-state index contributed by atoms with van der Waals surface area (Å²) in [5, 5.41) is 2.79. The van der Waals surface area contributed by atoms with E-state index in [0.29, 0.717) is 23.9 Å². The van der Waals surface area contributed by atoms with Gasteiger partial charge in [0.25, 0.3) is 0 Å². The monoisotopic (exact) mass is 323 g/mol. The Morgan fingerprint density at radius 2 is 2.00 bits per heavy atom. The minimum atomic E-state index is -0.0280. The van der Waals surface area contributed by atoms with Crippen LogP contribution in [0.25, 0.3) is 5.82 Å². The Hall–Kier alpha value is -3.22. The quantitative estimate of drug-likeness (QED) is 0.780. The number of aromatic nitrogens is 4. The van der Waals surface area contributed by atoms with Crippen molar-refractivity contribution in [2.45, 2.75) is 20.3 Å². The van der Waals surface area contributed by atoms with E-state index in [1.165, 1.54) is 6.33 Å². The Balaban J connectivity index is 1.74. The lowest BCUT2D eigenvalue weighted by molar-refractivity contribution is -0.115. The van der Waals surface area contributed by atoms with Gasteiger partial charge in [-0.15, -0.1) is 0 Å². The second kappa shape index (κ2) is 6.91. The lowest BCUT2D eigenvalue weighted by Gasteiger charge is -2.08. The van der Waals surface area contributed by atoms with E-state index in [-0.39, 0.29) is 5.91 Å². The summed E-state index contributed by atoms with van der Waals surface area (Å²) in [7, 11) is 0. The van der Waals surface area contributed by atoms with Crippen molar-refractivity contribution in [3.63, 3.8) is 0 Å². The fourth-order valence-corrected chi connectivity index (χ4v) is 2.11. The van der Waals surface area contributed by atoms with Gasteiger partial charge in [0, 0.05) is 30.6 Å². The van der Waals surface area contributed by atoms with Crippen LogP contribution in [0.4, 0.5) is 5.69 Å². The molecule has 0 radical (unpaired) electrons. The van der Waals surface area contributed by atoms with Crippen LogP contribution in [0, 0.1) is 6.92 Å². The van der Waals surface area contributed by atoms with Gasteiger partial charge in [0.05, 0.1) is 0 Å². The number of carbonyl (C=O) groups excluding carboxylic acids is 1. The van der Waals surface area contributed by atoms with Gasteiger partial charge in [0.15, 0.2) is 0 Å². The van der Waals surface area contributed by atoms with Gasteiger partial charge in [-0.1, -0.05) is 6.92 Å². The SMILES string of the molecule is CCC(=O)Nc1ccc(Oc2cc(-n3ccnc3C)ncn2)cc1. The molecule has 0 unspecified atom stereocenters. The standard InChI is InChI=1S/C17H17N5O2/c1-3-16(23)21-13-4-6-14(7-5-13)24-17-10-15(19-11-20-17)22-9-8-18-12(22)2/h4-11H,3H2,1-2H3,(H,21,23). The number of carbonyl (C=O) groups is 1. The largest absolute Gasteiger partial charge is 0.439 e. The minimum absolute atomic E-state index is 0.0280. The van der Waals surface area contributed by atoms with Crippen LogP contribution in [-0.4, -0.2) is 25.4 Å². The number of ether oxygens (including phenoxy) is 1. The van der Waals surface area contributed by atoms with Gasteiger partial charge < -0.3 is 10.1 Å². The molecule has 0 aliphatic carbocycles. The molecule has 7 heteroatoms. The summed E-state index contributed by atoms with van der Waals surface area (Å²) in [6.45, 7) is 3.70. The van der Waals surface area contributed by atoms with Gasteiger partial charge in [-0.25, -0.2) is 15.0 Å². The zero-order chi connectivity index (χ0) is 16.9. The average molecular weight is 323 g/mol. The number of hydrogen-bond donors (Lipinski definition) is 1. The third kappa shape index (κ3) is 3.57. The number of rotatable bonds is 5. The van der Waals surface area contributed by atoms with Crippen LogP contribution in [0.1, 0.15) is 19.2 Å². The molecule has 0 bridgehead atoms. The highest BCUT2D eigenvalue weighted by Gasteiger charge is 2.06. The zero-order valence-electron chi connectivity index (χ0n) is 13.4. The van der Waals surface area contributed by atoms with Crippen LogP contribution in [0.2, 0.25) is 0 Å². The molecule has 3 aromatic rings. The van der Waals surface area contributed by atoms with E-state index < -0.39 is 0 Å². The number of amides is 1. The highest BCUT2D eigenvalue weighted by atomic mass is 16.5. The van der Waals surface area contributed by atoms with Crippen molar-refractivity contribution in [1.29, 1.82) is 0 Å². The summed E-state index contributed by atoms with van der Waals surface area (Å²) in [6, 6.07) is 8.85. The van der Waals surface area contributed by atoms with Crippen molar-refractivity contribution in [3.05, 3.63) is 54.9 Å². The molecule has 0 atom stereocenters. The van der Waals surface area contributed by atoms with Gasteiger partial charge in [-0.2, -0.15) is 0 Å². The van der Waals surface area contributed by atoms with E-state index in [1.807, 2.05) is 24.6 Å². The molecule has 0 saturated heterocycles. The second-order valence-electron chi connectivity index (χ2n) is 5.09. The molecule has 2 heterocycles. The predicted molar refractivity (Wildman–Crippen MR) is 89.3 cm³/mol. The Morgan fingerprint density at radius 1 is 1.21 bits per heavy atom. The molecule has 2 aromatic heterocycles. The number of nitrogens with one attached hydrogen (secondary N) is 1. The predicted octanol–water partition coefficient (Wildman–Crippen LogP) is 3.11. The molecule has 1 aromatic carbocycles. The summed E-state index contributed by atoms with van der Waals surface area (Å²) >= 11 is 0. The van der Waals surface area contributed by atoms with Gasteiger partial charge in [0.1, 0.15) is 23.7 Å². The molecule has 24 heavy (non-hydrogen) atoms. The van der Waals surface area contributed by atoms with E-state index in [2.05, 4.69) is 20.3 Å². The van der Waals surface area contributed by atoms with Gasteiger partial charge in [-0.05, 0) is 31.2 Å². The lowest BCUT2D eigenvalue weighted by atomic mass is 10.3. The van der Waals surface area contributed by atoms with Crippen molar-refractivity contribution < 1.29 is 9.53 Å². The topological polar surface area (TPSA) is 81.9 Å². The highest BCUT2D eigenvalue weighted by Crippen LogP contribution is 2.22. The Kier molecular flexibility index (Phi) is 4.51. The molecule has 0 spiro atoms. The molecule has 0 aliphatic rings. The second-order valence-corrected chi connectivity index (χ2v) is 5.09. The fraction of sp³-hybridized carbons (Fsp3) is 0.176. The minimum Gasteiger partial charge on any atom is -0.439 e. The molecule has 7 nitrogen and oxygen atoms in total. The summed E-state index contributed by atoms with van der Waals surface area (Å²) in [6.07, 6.45) is 5.42. The Morgan fingerprint density at radius 3 is 2.67 bits per heavy atom. The molecule has 1 N–H and O–H groups in total. The Bertz CT molecular complexity index is 842. The van der Waals surface area contributed by atoms with E-state index in [4.69, 9.17) is 4.74 Å². The van der Waals surface area contributed by atoms with Gasteiger partial charge in [0.2, 0.25) is 11.8 Å². The molecular weight excluding hydrogens is 306 g/mol. The third-order valence-corrected chi connectivity index (χ3v) is 3.38. The first-order valence-electron chi connectivity index (χ1n) is 7.56. The van der Waals surface area contributed by atoms with Crippen molar-refractivity contribution in [2.24, 2.45) is 0 Å². The van der Waals surface area contributed by atoms with Gasteiger partial charge in [-0.3, -0.25) is 9.36 Å². The van der Waals surface area contributed by atoms with E-state index in [0.717, 1.165) is 11.5 Å². The van der Waals surface area contributed by atoms with Crippen LogP contribution in [-0.2, 0) is 4.79 Å². The molecule has 0 aliphatic heterocycles. The molecular formula is C17H17N5O2. The lowest BCUT2D eigenvalue weighted by Crippen LogP contribution is -2.09. The molecule has 1 amide bonds. The number of imidazole rings is 1. The van der Waals surface area contributed by atoms with E-state index >= 15 is 0 Å². The fourth-order valence-electron chi connectivity index (χ4n) is 2.11. The number of nitrogens with zero attached hydrogens (tertiary/aromatic N) is 4. The third-order valence-electron chi connectivity index (χ3n) is 3.38. The van der Waals surface area contributed by atoms with Crippen LogP contribution in [0.15, 0.2) is 49.1 Å². The summed E-state index contributed by atoms with van der Waals surface area (Å²) < 4.78 is 7.59. The maximum absolute atomic E-state index is 11.4. The van der Waals surface area contributed by atoms with E-state index in [1.54, 1.807) is 36.5 Å². The first-order chi connectivity index (χ1) is 11.7. The highest BCUT2D eigenvalue weighted by molar-refractivity contribution is 5.90. The number of benzene rings is 1. The maximum atomic E-state index is 11.4. The maximum Gasteiger partial charge on any atom is 0.224 e. The molecule has 122 valence electrons. The number of anilines is 1. The van der Waals surface area contributed by atoms with Crippen molar-refractivity contribution in [1.82, 2.24) is 19.5 Å². The van der Waals surface area contributed by atoms with E-state index in [9.17, 15) is 4.79 Å². The molecule has 0 saturated carbocycles. The summed E-state index contributed by atoms with van der Waals surface area (Å²) in [5.74, 6) is 2.53.